The number of benzene rings is 1. The van der Waals surface area contributed by atoms with Crippen molar-refractivity contribution in [2.24, 2.45) is 5.41 Å². The molecule has 1 fully saturated rings. The maximum absolute atomic E-state index is 11.4. The number of anilines is 1. The van der Waals surface area contributed by atoms with E-state index in [1.54, 1.807) is 11.8 Å². The molecule has 0 saturated heterocycles. The number of rotatable bonds is 3. The Morgan fingerprint density at radius 1 is 1.39 bits per heavy atom. The topological polar surface area (TPSA) is 49.3 Å². The van der Waals surface area contributed by atoms with Gasteiger partial charge in [0, 0.05) is 11.5 Å². The fourth-order valence-corrected chi connectivity index (χ4v) is 3.53. The van der Waals surface area contributed by atoms with E-state index < -0.39 is 0 Å². The molecule has 0 spiro atoms. The number of aliphatic hydroxyl groups is 1. The Bertz CT molecular complexity index is 477. The van der Waals surface area contributed by atoms with Crippen LogP contribution in [-0.2, 0) is 11.2 Å². The highest BCUT2D eigenvalue weighted by molar-refractivity contribution is 8.00. The van der Waals surface area contributed by atoms with Gasteiger partial charge in [0.2, 0.25) is 5.91 Å². The Balaban J connectivity index is 1.81. The summed E-state index contributed by atoms with van der Waals surface area (Å²) >= 11 is 1.59. The van der Waals surface area contributed by atoms with E-state index in [9.17, 15) is 9.90 Å². The third-order valence-electron chi connectivity index (χ3n) is 4.01. The fourth-order valence-electron chi connectivity index (χ4n) is 2.74. The molecule has 0 aromatic heterocycles. The monoisotopic (exact) mass is 263 g/mol. The number of carbonyl (C=O) groups is 1. The van der Waals surface area contributed by atoms with Gasteiger partial charge < -0.3 is 10.4 Å². The van der Waals surface area contributed by atoms with Crippen molar-refractivity contribution in [3.05, 3.63) is 23.8 Å². The maximum atomic E-state index is 11.4. The molecule has 4 heteroatoms. The molecule has 1 saturated carbocycles. The van der Waals surface area contributed by atoms with E-state index in [0.29, 0.717) is 5.75 Å². The molecule has 18 heavy (non-hydrogen) atoms. The standard InChI is InChI=1S/C14H17NO2S/c16-9-14(4-1-5-14)7-10-2-3-12-11(6-10)15-13(17)8-18-12/h2-3,6,16H,1,4-5,7-9H2,(H,15,17). The van der Waals surface area contributed by atoms with Crippen LogP contribution in [0.3, 0.4) is 0 Å². The molecule has 3 nitrogen and oxygen atoms in total. The average Bonchev–Trinajstić information content (AvgIpc) is 2.33. The van der Waals surface area contributed by atoms with Crippen LogP contribution in [0.15, 0.2) is 23.1 Å². The Labute approximate surface area is 111 Å². The maximum Gasteiger partial charge on any atom is 0.234 e. The highest BCUT2D eigenvalue weighted by atomic mass is 32.2. The SMILES string of the molecule is O=C1CSc2ccc(CC3(CO)CCC3)cc2N1. The predicted molar refractivity (Wildman–Crippen MR) is 72.9 cm³/mol. The van der Waals surface area contributed by atoms with Gasteiger partial charge in [-0.1, -0.05) is 12.5 Å². The zero-order chi connectivity index (χ0) is 12.6. The van der Waals surface area contributed by atoms with Gasteiger partial charge in [-0.3, -0.25) is 4.79 Å². The Morgan fingerprint density at radius 2 is 2.22 bits per heavy atom. The van der Waals surface area contributed by atoms with Gasteiger partial charge in [0.15, 0.2) is 0 Å². The molecule has 1 aromatic carbocycles. The first-order chi connectivity index (χ1) is 8.71. The third-order valence-corrected chi connectivity index (χ3v) is 5.08. The molecule has 1 aliphatic heterocycles. The number of carbonyl (C=O) groups excluding carboxylic acids is 1. The van der Waals surface area contributed by atoms with Gasteiger partial charge in [0.05, 0.1) is 11.4 Å². The highest BCUT2D eigenvalue weighted by Gasteiger charge is 2.36. The fraction of sp³-hybridized carbons (Fsp3) is 0.500. The van der Waals surface area contributed by atoms with Crippen molar-refractivity contribution < 1.29 is 9.90 Å². The van der Waals surface area contributed by atoms with Crippen LogP contribution in [0.5, 0.6) is 0 Å². The smallest absolute Gasteiger partial charge is 0.234 e. The van der Waals surface area contributed by atoms with Crippen LogP contribution in [0.25, 0.3) is 0 Å². The molecule has 1 aliphatic carbocycles. The van der Waals surface area contributed by atoms with Crippen LogP contribution in [0.1, 0.15) is 24.8 Å². The molecule has 3 rings (SSSR count). The van der Waals surface area contributed by atoms with Crippen LogP contribution < -0.4 is 5.32 Å². The molecule has 2 N–H and O–H groups in total. The van der Waals surface area contributed by atoms with E-state index in [2.05, 4.69) is 23.5 Å². The lowest BCUT2D eigenvalue weighted by Crippen LogP contribution is -2.35. The van der Waals surface area contributed by atoms with Crippen LogP contribution in [-0.4, -0.2) is 23.4 Å². The minimum Gasteiger partial charge on any atom is -0.396 e. The number of hydrogen-bond acceptors (Lipinski definition) is 3. The second kappa shape index (κ2) is 4.59. The van der Waals surface area contributed by atoms with Crippen LogP contribution >= 0.6 is 11.8 Å². The summed E-state index contributed by atoms with van der Waals surface area (Å²) in [5.74, 6) is 0.581. The van der Waals surface area contributed by atoms with Crippen LogP contribution in [0.2, 0.25) is 0 Å². The van der Waals surface area contributed by atoms with E-state index in [0.717, 1.165) is 29.8 Å². The summed E-state index contributed by atoms with van der Waals surface area (Å²) in [6, 6.07) is 6.27. The van der Waals surface area contributed by atoms with E-state index in [1.165, 1.54) is 12.0 Å². The van der Waals surface area contributed by atoms with Crippen molar-refractivity contribution >= 4 is 23.4 Å². The number of nitrogens with one attached hydrogen (secondary N) is 1. The number of aliphatic hydroxyl groups excluding tert-OH is 1. The number of hydrogen-bond donors (Lipinski definition) is 2. The van der Waals surface area contributed by atoms with Crippen molar-refractivity contribution in [1.82, 2.24) is 0 Å². The van der Waals surface area contributed by atoms with Crippen molar-refractivity contribution in [3.8, 4) is 0 Å². The first-order valence-corrected chi connectivity index (χ1v) is 7.36. The predicted octanol–water partition coefficient (Wildman–Crippen LogP) is 2.44. The molecule has 96 valence electrons. The number of fused-ring (bicyclic) bond motifs is 1. The quantitative estimate of drug-likeness (QED) is 0.880. The lowest BCUT2D eigenvalue weighted by Gasteiger charge is -2.40. The van der Waals surface area contributed by atoms with Gasteiger partial charge in [-0.15, -0.1) is 11.8 Å². The molecular formula is C14H17NO2S. The summed E-state index contributed by atoms with van der Waals surface area (Å²) in [4.78, 5) is 12.5. The van der Waals surface area contributed by atoms with Crippen molar-refractivity contribution in [2.45, 2.75) is 30.6 Å². The van der Waals surface area contributed by atoms with Crippen molar-refractivity contribution in [1.29, 1.82) is 0 Å². The van der Waals surface area contributed by atoms with Crippen LogP contribution in [0.4, 0.5) is 5.69 Å². The molecule has 1 amide bonds. The molecular weight excluding hydrogens is 246 g/mol. The summed E-state index contributed by atoms with van der Waals surface area (Å²) in [6.45, 7) is 0.269. The zero-order valence-electron chi connectivity index (χ0n) is 10.2. The van der Waals surface area contributed by atoms with Gasteiger partial charge in [-0.05, 0) is 42.4 Å². The summed E-state index contributed by atoms with van der Waals surface area (Å²) in [7, 11) is 0. The molecule has 2 aliphatic rings. The average molecular weight is 263 g/mol. The zero-order valence-corrected chi connectivity index (χ0v) is 11.1. The number of amides is 1. The van der Waals surface area contributed by atoms with Gasteiger partial charge in [0.1, 0.15) is 0 Å². The van der Waals surface area contributed by atoms with Crippen LogP contribution in [0, 0.1) is 5.41 Å². The first kappa shape index (κ1) is 12.1. The summed E-state index contributed by atoms with van der Waals surface area (Å²) in [6.07, 6.45) is 4.36. The van der Waals surface area contributed by atoms with Crippen molar-refractivity contribution in [3.63, 3.8) is 0 Å². The molecule has 0 atom stereocenters. The Morgan fingerprint density at radius 3 is 2.89 bits per heavy atom. The Kier molecular flexibility index (Phi) is 3.08. The van der Waals surface area contributed by atoms with E-state index in [-0.39, 0.29) is 17.9 Å². The minimum absolute atomic E-state index is 0.0742. The first-order valence-electron chi connectivity index (χ1n) is 6.37. The highest BCUT2D eigenvalue weighted by Crippen LogP contribution is 2.44. The van der Waals surface area contributed by atoms with E-state index in [4.69, 9.17) is 0 Å². The van der Waals surface area contributed by atoms with Gasteiger partial charge >= 0.3 is 0 Å². The second-order valence-corrected chi connectivity index (χ2v) is 6.37. The summed E-state index contributed by atoms with van der Waals surface area (Å²) < 4.78 is 0. The molecule has 1 heterocycles. The minimum atomic E-state index is 0.0742. The van der Waals surface area contributed by atoms with Crippen molar-refractivity contribution in [2.75, 3.05) is 17.7 Å². The molecule has 0 radical (unpaired) electrons. The number of thioether (sulfide) groups is 1. The summed E-state index contributed by atoms with van der Waals surface area (Å²) in [5, 5.41) is 12.4. The normalized spacial score (nSPS) is 20.8. The van der Waals surface area contributed by atoms with Gasteiger partial charge in [0.25, 0.3) is 0 Å². The van der Waals surface area contributed by atoms with E-state index in [1.807, 2.05) is 0 Å². The summed E-state index contributed by atoms with van der Waals surface area (Å²) in [5.41, 5.74) is 2.24. The largest absolute Gasteiger partial charge is 0.396 e. The van der Waals surface area contributed by atoms with Gasteiger partial charge in [-0.2, -0.15) is 0 Å². The lowest BCUT2D eigenvalue weighted by atomic mass is 9.66. The van der Waals surface area contributed by atoms with Gasteiger partial charge in [-0.25, -0.2) is 0 Å². The molecule has 1 aromatic rings. The molecule has 0 unspecified atom stereocenters. The lowest BCUT2D eigenvalue weighted by molar-refractivity contribution is -0.113. The Hall–Kier alpha value is -1.00. The third kappa shape index (κ3) is 2.15. The second-order valence-electron chi connectivity index (χ2n) is 5.36. The molecule has 0 bridgehead atoms. The van der Waals surface area contributed by atoms with E-state index >= 15 is 0 Å².